The Hall–Kier alpha value is -3.11. The van der Waals surface area contributed by atoms with Crippen LogP contribution >= 0.6 is 12.6 Å². The summed E-state index contributed by atoms with van der Waals surface area (Å²) < 4.78 is 15.4. The topological polar surface area (TPSA) is 74.5 Å². The van der Waals surface area contributed by atoms with Crippen molar-refractivity contribution < 1.29 is 4.39 Å². The van der Waals surface area contributed by atoms with E-state index in [1.54, 1.807) is 41.2 Å². The number of halogens is 1. The normalized spacial score (nSPS) is 20.0. The number of hydrogen-bond donors (Lipinski definition) is 2. The number of pyridine rings is 1. The first-order chi connectivity index (χ1) is 15.0. The highest BCUT2D eigenvalue weighted by Crippen LogP contribution is 2.42. The molecule has 1 aliphatic rings. The van der Waals surface area contributed by atoms with Gasteiger partial charge in [0, 0.05) is 11.6 Å². The van der Waals surface area contributed by atoms with E-state index in [1.165, 1.54) is 6.07 Å². The molecule has 1 unspecified atom stereocenters. The number of rotatable bonds is 3. The van der Waals surface area contributed by atoms with Crippen molar-refractivity contribution in [3.63, 3.8) is 0 Å². The number of hydrogen-bond acceptors (Lipinski definition) is 4. The molecule has 4 aromatic rings. The van der Waals surface area contributed by atoms with Crippen molar-refractivity contribution in [1.29, 1.82) is 5.26 Å². The van der Waals surface area contributed by atoms with E-state index in [-0.39, 0.29) is 22.7 Å². The van der Waals surface area contributed by atoms with Gasteiger partial charge in [0.25, 0.3) is 5.56 Å². The van der Waals surface area contributed by atoms with E-state index in [2.05, 4.69) is 16.2 Å². The van der Waals surface area contributed by atoms with E-state index in [0.29, 0.717) is 22.4 Å². The lowest BCUT2D eigenvalue weighted by Crippen LogP contribution is -2.27. The molecule has 1 atom stereocenters. The second-order valence-corrected chi connectivity index (χ2v) is 8.78. The van der Waals surface area contributed by atoms with E-state index in [0.717, 1.165) is 42.1 Å². The van der Waals surface area contributed by atoms with Crippen molar-refractivity contribution in [2.75, 3.05) is 0 Å². The summed E-state index contributed by atoms with van der Waals surface area (Å²) in [6.07, 6.45) is 5.53. The Labute approximate surface area is 183 Å². The van der Waals surface area contributed by atoms with E-state index in [1.807, 2.05) is 6.07 Å². The van der Waals surface area contributed by atoms with Crippen LogP contribution in [0.5, 0.6) is 0 Å². The van der Waals surface area contributed by atoms with E-state index in [4.69, 9.17) is 17.9 Å². The van der Waals surface area contributed by atoms with Gasteiger partial charge in [-0.1, -0.05) is 0 Å². The maximum Gasteiger partial charge on any atom is 0.275 e. The Kier molecular flexibility index (Phi) is 5.03. The van der Waals surface area contributed by atoms with Crippen molar-refractivity contribution >= 4 is 34.4 Å². The maximum absolute atomic E-state index is 13.8. The van der Waals surface area contributed by atoms with Crippen molar-refractivity contribution in [3.8, 4) is 6.07 Å². The van der Waals surface area contributed by atoms with Crippen molar-refractivity contribution in [1.82, 2.24) is 14.8 Å². The number of nitriles is 1. The van der Waals surface area contributed by atoms with Gasteiger partial charge in [-0.25, -0.2) is 9.07 Å². The van der Waals surface area contributed by atoms with Gasteiger partial charge in [-0.3, -0.25) is 14.9 Å². The van der Waals surface area contributed by atoms with Crippen LogP contribution in [-0.4, -0.2) is 14.8 Å². The molecule has 1 aliphatic carbocycles. The summed E-state index contributed by atoms with van der Waals surface area (Å²) in [4.78, 5) is 17.2. The third-order valence-corrected chi connectivity index (χ3v) is 7.13. The lowest BCUT2D eigenvalue weighted by molar-refractivity contribution is 0.279. The zero-order valence-corrected chi connectivity index (χ0v) is 17.6. The second kappa shape index (κ2) is 7.86. The summed E-state index contributed by atoms with van der Waals surface area (Å²) in [6, 6.07) is 13.9. The van der Waals surface area contributed by atoms with Gasteiger partial charge >= 0.3 is 0 Å². The molecule has 1 fully saturated rings. The number of thiol groups is 1. The van der Waals surface area contributed by atoms with Crippen molar-refractivity contribution in [2.24, 2.45) is 5.92 Å². The molecule has 2 aromatic carbocycles. The molecule has 5 rings (SSSR count). The highest BCUT2D eigenvalue weighted by atomic mass is 32.1. The zero-order chi connectivity index (χ0) is 21.5. The molecular weight excluding hydrogens is 411 g/mol. The molecule has 0 saturated heterocycles. The fourth-order valence-electron chi connectivity index (χ4n) is 4.82. The molecule has 1 N–H and O–H groups in total. The number of aromatic nitrogens is 3. The molecule has 156 valence electrons. The predicted molar refractivity (Wildman–Crippen MR) is 122 cm³/mol. The monoisotopic (exact) mass is 432 g/mol. The standard InChI is InChI=1S/C24H21FN4OS/c25-17-6-8-21-19(12-17)18(9-10-27-21)15-2-4-16(5-3-15)24(31)29-23(30)20-11-14(13-26)1-7-22(20)28-29/h1,6-12,15-16,24,28,31H,2-5H2. The van der Waals surface area contributed by atoms with Gasteiger partial charge in [-0.05, 0) is 85.5 Å². The summed E-state index contributed by atoms with van der Waals surface area (Å²) in [7, 11) is 0. The summed E-state index contributed by atoms with van der Waals surface area (Å²) in [5.74, 6) is 0.330. The summed E-state index contributed by atoms with van der Waals surface area (Å²) >= 11 is 4.79. The number of benzene rings is 2. The van der Waals surface area contributed by atoms with Crippen LogP contribution in [0.3, 0.4) is 0 Å². The minimum absolute atomic E-state index is 0.148. The molecule has 7 heteroatoms. The number of H-pyrrole nitrogens is 1. The van der Waals surface area contributed by atoms with Crippen LogP contribution in [0.4, 0.5) is 4.39 Å². The molecule has 2 aromatic heterocycles. The Morgan fingerprint density at radius 1 is 1.13 bits per heavy atom. The summed E-state index contributed by atoms with van der Waals surface area (Å²) in [5, 5.41) is 13.4. The Morgan fingerprint density at radius 3 is 2.71 bits per heavy atom. The SMILES string of the molecule is N#Cc1ccc2[nH]n(C(S)C3CCC(c4ccnc5ccc(F)cc45)CC3)c(=O)c2c1. The van der Waals surface area contributed by atoms with Gasteiger partial charge in [0.2, 0.25) is 0 Å². The van der Waals surface area contributed by atoms with E-state index < -0.39 is 0 Å². The van der Waals surface area contributed by atoms with Gasteiger partial charge in [0.15, 0.2) is 0 Å². The smallest absolute Gasteiger partial charge is 0.275 e. The molecule has 0 radical (unpaired) electrons. The quantitative estimate of drug-likeness (QED) is 0.432. The third kappa shape index (κ3) is 3.51. The molecule has 0 amide bonds. The molecule has 0 aliphatic heterocycles. The Balaban J connectivity index is 1.37. The molecule has 31 heavy (non-hydrogen) atoms. The first-order valence-corrected chi connectivity index (χ1v) is 10.9. The minimum atomic E-state index is -0.266. The van der Waals surface area contributed by atoms with Gasteiger partial charge in [-0.15, -0.1) is 0 Å². The molecule has 2 heterocycles. The maximum atomic E-state index is 13.8. The fourth-order valence-corrected chi connectivity index (χ4v) is 5.28. The zero-order valence-electron chi connectivity index (χ0n) is 16.8. The lowest BCUT2D eigenvalue weighted by atomic mass is 9.78. The van der Waals surface area contributed by atoms with E-state index >= 15 is 0 Å². The molecule has 1 saturated carbocycles. The first-order valence-electron chi connectivity index (χ1n) is 10.4. The second-order valence-electron chi connectivity index (χ2n) is 8.25. The largest absolute Gasteiger partial charge is 0.294 e. The molecule has 0 bridgehead atoms. The predicted octanol–water partition coefficient (Wildman–Crippen LogP) is 5.29. The van der Waals surface area contributed by atoms with Crippen LogP contribution in [0.1, 0.15) is 48.1 Å². The van der Waals surface area contributed by atoms with Gasteiger partial charge < -0.3 is 0 Å². The summed E-state index contributed by atoms with van der Waals surface area (Å²) in [6.45, 7) is 0. The highest BCUT2D eigenvalue weighted by Gasteiger charge is 2.29. The fraction of sp³-hybridized carbons (Fsp3) is 0.292. The number of nitrogens with zero attached hydrogens (tertiary/aromatic N) is 3. The van der Waals surface area contributed by atoms with Crippen LogP contribution in [-0.2, 0) is 0 Å². The van der Waals surface area contributed by atoms with Gasteiger partial charge in [0.05, 0.1) is 33.4 Å². The first kappa shape index (κ1) is 19.8. The van der Waals surface area contributed by atoms with E-state index in [9.17, 15) is 9.18 Å². The number of fused-ring (bicyclic) bond motifs is 2. The lowest BCUT2D eigenvalue weighted by Gasteiger charge is -2.32. The van der Waals surface area contributed by atoms with Crippen molar-refractivity contribution in [2.45, 2.75) is 37.0 Å². The Bertz CT molecular complexity index is 1380. The number of aromatic amines is 1. The average molecular weight is 433 g/mol. The Morgan fingerprint density at radius 2 is 1.94 bits per heavy atom. The minimum Gasteiger partial charge on any atom is -0.294 e. The third-order valence-electron chi connectivity index (χ3n) is 6.47. The van der Waals surface area contributed by atoms with Gasteiger partial charge in [0.1, 0.15) is 5.82 Å². The van der Waals surface area contributed by atoms with Crippen LogP contribution < -0.4 is 5.56 Å². The van der Waals surface area contributed by atoms with Crippen LogP contribution in [0.25, 0.3) is 21.8 Å². The van der Waals surface area contributed by atoms with Crippen LogP contribution in [0.2, 0.25) is 0 Å². The summed E-state index contributed by atoms with van der Waals surface area (Å²) in [5.41, 5.74) is 2.99. The average Bonchev–Trinajstić information content (AvgIpc) is 3.14. The van der Waals surface area contributed by atoms with Crippen LogP contribution in [0, 0.1) is 23.1 Å². The molecule has 0 spiro atoms. The molecule has 5 nitrogen and oxygen atoms in total. The van der Waals surface area contributed by atoms with Gasteiger partial charge in [-0.2, -0.15) is 17.9 Å². The van der Waals surface area contributed by atoms with Crippen molar-refractivity contribution in [3.05, 3.63) is 76.0 Å². The number of nitrogens with one attached hydrogen (secondary N) is 1. The molecular formula is C24H21FN4OS. The highest BCUT2D eigenvalue weighted by molar-refractivity contribution is 7.80. The van der Waals surface area contributed by atoms with Crippen LogP contribution in [0.15, 0.2) is 53.5 Å².